The van der Waals surface area contributed by atoms with Crippen LogP contribution in [0.4, 0.5) is 0 Å². The van der Waals surface area contributed by atoms with Crippen LogP contribution in [0.3, 0.4) is 0 Å². The average Bonchev–Trinajstić information content (AvgIpc) is 2.38. The van der Waals surface area contributed by atoms with Gasteiger partial charge in [0.15, 0.2) is 0 Å². The molecule has 19 heavy (non-hydrogen) atoms. The fourth-order valence-corrected chi connectivity index (χ4v) is 1.55. The van der Waals surface area contributed by atoms with Crippen molar-refractivity contribution in [2.45, 2.75) is 19.4 Å². The summed E-state index contributed by atoms with van der Waals surface area (Å²) in [5.74, 6) is -0.292. The number of carbonyl (C=O) groups is 2. The Labute approximate surface area is 113 Å². The Hall–Kier alpha value is -1.88. The van der Waals surface area contributed by atoms with Gasteiger partial charge in [0.2, 0.25) is 11.8 Å². The summed E-state index contributed by atoms with van der Waals surface area (Å²) in [7, 11) is 3.37. The fourth-order valence-electron chi connectivity index (χ4n) is 1.55. The second kappa shape index (κ2) is 6.89. The van der Waals surface area contributed by atoms with Gasteiger partial charge in [-0.25, -0.2) is 0 Å². The van der Waals surface area contributed by atoms with E-state index >= 15 is 0 Å². The number of nitrogens with two attached hydrogens (primary N) is 1. The van der Waals surface area contributed by atoms with Gasteiger partial charge in [-0.3, -0.25) is 9.59 Å². The molecule has 0 spiro atoms. The number of amides is 2. The SMILES string of the molecule is Cc1ccc(C(N)C(=O)NCCC(=O)N(C)C)cc1. The fraction of sp³-hybridized carbons (Fsp3) is 0.429. The minimum absolute atomic E-state index is 0.0239. The van der Waals surface area contributed by atoms with Gasteiger partial charge in [0, 0.05) is 27.1 Å². The lowest BCUT2D eigenvalue weighted by Gasteiger charge is -2.14. The number of hydrogen-bond donors (Lipinski definition) is 2. The second-order valence-electron chi connectivity index (χ2n) is 4.72. The molecule has 0 aliphatic heterocycles. The molecule has 5 nitrogen and oxygen atoms in total. The topological polar surface area (TPSA) is 75.4 Å². The third kappa shape index (κ3) is 4.71. The van der Waals surface area contributed by atoms with E-state index in [9.17, 15) is 9.59 Å². The van der Waals surface area contributed by atoms with E-state index in [4.69, 9.17) is 5.73 Å². The highest BCUT2D eigenvalue weighted by Crippen LogP contribution is 2.11. The van der Waals surface area contributed by atoms with Crippen LogP contribution in [0.5, 0.6) is 0 Å². The molecular weight excluding hydrogens is 242 g/mol. The first-order valence-corrected chi connectivity index (χ1v) is 6.22. The molecule has 0 aliphatic carbocycles. The molecule has 0 saturated heterocycles. The largest absolute Gasteiger partial charge is 0.354 e. The molecule has 0 fully saturated rings. The van der Waals surface area contributed by atoms with Crippen molar-refractivity contribution in [2.75, 3.05) is 20.6 Å². The standard InChI is InChI=1S/C14H21N3O2/c1-10-4-6-11(7-5-10)13(15)14(19)16-9-8-12(18)17(2)3/h4-7,13H,8-9,15H2,1-3H3,(H,16,19). The number of hydrogen-bond acceptors (Lipinski definition) is 3. The summed E-state index contributed by atoms with van der Waals surface area (Å²) in [5, 5.41) is 2.67. The van der Waals surface area contributed by atoms with Crippen LogP contribution in [0, 0.1) is 6.92 Å². The molecule has 0 radical (unpaired) electrons. The summed E-state index contributed by atoms with van der Waals surface area (Å²) >= 11 is 0. The average molecular weight is 263 g/mol. The Morgan fingerprint density at radius 1 is 1.26 bits per heavy atom. The monoisotopic (exact) mass is 263 g/mol. The summed E-state index contributed by atoms with van der Waals surface area (Å²) in [6.07, 6.45) is 0.277. The number of aryl methyl sites for hydroxylation is 1. The van der Waals surface area contributed by atoms with Gasteiger partial charge in [0.25, 0.3) is 0 Å². The molecule has 1 atom stereocenters. The van der Waals surface area contributed by atoms with Crippen LogP contribution in [0.2, 0.25) is 0 Å². The summed E-state index contributed by atoms with van der Waals surface area (Å²) in [6, 6.07) is 6.81. The molecule has 104 valence electrons. The van der Waals surface area contributed by atoms with Gasteiger partial charge >= 0.3 is 0 Å². The van der Waals surface area contributed by atoms with Crippen molar-refractivity contribution in [1.29, 1.82) is 0 Å². The summed E-state index contributed by atoms with van der Waals surface area (Å²) < 4.78 is 0. The van der Waals surface area contributed by atoms with Gasteiger partial charge < -0.3 is 16.0 Å². The number of carbonyl (C=O) groups excluding carboxylic acids is 2. The van der Waals surface area contributed by atoms with Gasteiger partial charge in [-0.15, -0.1) is 0 Å². The van der Waals surface area contributed by atoms with Crippen molar-refractivity contribution in [3.63, 3.8) is 0 Å². The molecule has 2 amide bonds. The molecule has 0 saturated carbocycles. The van der Waals surface area contributed by atoms with Gasteiger partial charge in [0.05, 0.1) is 0 Å². The van der Waals surface area contributed by atoms with Crippen molar-refractivity contribution in [3.8, 4) is 0 Å². The van der Waals surface area contributed by atoms with Crippen LogP contribution in [0.1, 0.15) is 23.6 Å². The van der Waals surface area contributed by atoms with Crippen LogP contribution >= 0.6 is 0 Å². The number of nitrogens with one attached hydrogen (secondary N) is 1. The van der Waals surface area contributed by atoms with Crippen molar-refractivity contribution < 1.29 is 9.59 Å². The van der Waals surface area contributed by atoms with E-state index in [0.29, 0.717) is 6.54 Å². The molecular formula is C14H21N3O2. The van der Waals surface area contributed by atoms with E-state index in [-0.39, 0.29) is 18.2 Å². The van der Waals surface area contributed by atoms with E-state index in [1.165, 1.54) is 4.90 Å². The molecule has 0 aliphatic rings. The molecule has 0 bridgehead atoms. The Balaban J connectivity index is 2.45. The number of benzene rings is 1. The van der Waals surface area contributed by atoms with Gasteiger partial charge in [-0.2, -0.15) is 0 Å². The van der Waals surface area contributed by atoms with Gasteiger partial charge in [-0.1, -0.05) is 29.8 Å². The minimum atomic E-state index is -0.699. The zero-order valence-corrected chi connectivity index (χ0v) is 11.6. The molecule has 5 heteroatoms. The molecule has 1 unspecified atom stereocenters. The minimum Gasteiger partial charge on any atom is -0.354 e. The van der Waals surface area contributed by atoms with Crippen molar-refractivity contribution in [1.82, 2.24) is 10.2 Å². The third-order valence-corrected chi connectivity index (χ3v) is 2.86. The summed E-state index contributed by atoms with van der Waals surface area (Å²) in [4.78, 5) is 24.7. The zero-order valence-electron chi connectivity index (χ0n) is 11.6. The summed E-state index contributed by atoms with van der Waals surface area (Å²) in [6.45, 7) is 2.28. The van der Waals surface area contributed by atoms with Crippen molar-refractivity contribution in [3.05, 3.63) is 35.4 Å². The maximum atomic E-state index is 11.8. The van der Waals surface area contributed by atoms with E-state index in [2.05, 4.69) is 5.32 Å². The van der Waals surface area contributed by atoms with Crippen LogP contribution < -0.4 is 11.1 Å². The molecule has 3 N–H and O–H groups in total. The van der Waals surface area contributed by atoms with Crippen molar-refractivity contribution in [2.24, 2.45) is 5.73 Å². The van der Waals surface area contributed by atoms with Crippen LogP contribution in [-0.2, 0) is 9.59 Å². The summed E-state index contributed by atoms with van der Waals surface area (Å²) in [5.41, 5.74) is 7.74. The molecule has 1 rings (SSSR count). The Morgan fingerprint density at radius 3 is 2.37 bits per heavy atom. The molecule has 1 aromatic carbocycles. The normalized spacial score (nSPS) is 11.8. The molecule has 0 heterocycles. The number of rotatable bonds is 5. The van der Waals surface area contributed by atoms with Crippen LogP contribution in [0.25, 0.3) is 0 Å². The van der Waals surface area contributed by atoms with Gasteiger partial charge in [-0.05, 0) is 12.5 Å². The second-order valence-corrected chi connectivity index (χ2v) is 4.72. The van der Waals surface area contributed by atoms with Crippen LogP contribution in [-0.4, -0.2) is 37.4 Å². The predicted molar refractivity (Wildman–Crippen MR) is 74.4 cm³/mol. The Bertz CT molecular complexity index is 441. The highest BCUT2D eigenvalue weighted by Gasteiger charge is 2.15. The first kappa shape index (κ1) is 15.2. The first-order valence-electron chi connectivity index (χ1n) is 6.22. The lowest BCUT2D eigenvalue weighted by Crippen LogP contribution is -2.36. The van der Waals surface area contributed by atoms with E-state index in [0.717, 1.165) is 11.1 Å². The molecule has 0 aromatic heterocycles. The van der Waals surface area contributed by atoms with Crippen molar-refractivity contribution >= 4 is 11.8 Å². The van der Waals surface area contributed by atoms with E-state index in [1.807, 2.05) is 31.2 Å². The lowest BCUT2D eigenvalue weighted by molar-refractivity contribution is -0.128. The maximum Gasteiger partial charge on any atom is 0.241 e. The maximum absolute atomic E-state index is 11.8. The highest BCUT2D eigenvalue weighted by atomic mass is 16.2. The highest BCUT2D eigenvalue weighted by molar-refractivity contribution is 5.83. The van der Waals surface area contributed by atoms with E-state index < -0.39 is 6.04 Å². The third-order valence-electron chi connectivity index (χ3n) is 2.86. The van der Waals surface area contributed by atoms with Gasteiger partial charge in [0.1, 0.15) is 6.04 Å². The Kier molecular flexibility index (Phi) is 5.51. The van der Waals surface area contributed by atoms with E-state index in [1.54, 1.807) is 14.1 Å². The van der Waals surface area contributed by atoms with Crippen LogP contribution in [0.15, 0.2) is 24.3 Å². The first-order chi connectivity index (χ1) is 8.91. The Morgan fingerprint density at radius 2 is 1.84 bits per heavy atom. The lowest BCUT2D eigenvalue weighted by atomic mass is 10.1. The molecule has 1 aromatic rings. The smallest absolute Gasteiger partial charge is 0.241 e. The quantitative estimate of drug-likeness (QED) is 0.816. The number of nitrogens with zero attached hydrogens (tertiary/aromatic N) is 1. The predicted octanol–water partition coefficient (Wildman–Crippen LogP) is 0.589. The zero-order chi connectivity index (χ0) is 14.4.